The highest BCUT2D eigenvalue weighted by Crippen LogP contribution is 2.12. The van der Waals surface area contributed by atoms with Crippen LogP contribution in [-0.4, -0.2) is 30.4 Å². The van der Waals surface area contributed by atoms with Crippen LogP contribution in [0, 0.1) is 0 Å². The summed E-state index contributed by atoms with van der Waals surface area (Å²) in [5.41, 5.74) is 5.44. The summed E-state index contributed by atoms with van der Waals surface area (Å²) in [5, 5.41) is 0. The van der Waals surface area contributed by atoms with Gasteiger partial charge in [-0.15, -0.1) is 12.4 Å². The Morgan fingerprint density at radius 1 is 0.889 bits per heavy atom. The van der Waals surface area contributed by atoms with Crippen molar-refractivity contribution in [1.82, 2.24) is 4.90 Å². The second-order valence-corrected chi connectivity index (χ2v) is 5.10. The van der Waals surface area contributed by atoms with Crippen LogP contribution in [-0.2, 0) is 4.79 Å². The molecule has 0 atom stereocenters. The number of carbonyl (C=O) groups is 1. The van der Waals surface area contributed by atoms with E-state index in [2.05, 4.69) is 4.90 Å². The Balaban J connectivity index is 0.00000289. The van der Waals surface area contributed by atoms with Gasteiger partial charge in [0.05, 0.1) is 0 Å². The molecule has 1 aliphatic heterocycles. The predicted octanol–water partition coefficient (Wildman–Crippen LogP) is 3.11. The fraction of sp³-hybridized carbons (Fsp3) is 0.929. The van der Waals surface area contributed by atoms with Gasteiger partial charge in [0.15, 0.2) is 0 Å². The molecular formula is C14H29ClN2O. The average Bonchev–Trinajstić information content (AvgIpc) is 2.28. The molecule has 1 heterocycles. The van der Waals surface area contributed by atoms with Crippen molar-refractivity contribution < 1.29 is 4.79 Å². The second-order valence-electron chi connectivity index (χ2n) is 5.10. The van der Waals surface area contributed by atoms with Crippen molar-refractivity contribution in [2.45, 2.75) is 64.2 Å². The van der Waals surface area contributed by atoms with Crippen molar-refractivity contribution in [2.75, 3.05) is 19.6 Å². The van der Waals surface area contributed by atoms with Crippen LogP contribution in [0.3, 0.4) is 0 Å². The zero-order valence-electron chi connectivity index (χ0n) is 11.5. The molecule has 0 spiro atoms. The fourth-order valence-electron chi connectivity index (χ4n) is 2.43. The number of rotatable bonds is 6. The lowest BCUT2D eigenvalue weighted by molar-refractivity contribution is -0.131. The monoisotopic (exact) mass is 276 g/mol. The molecule has 1 amide bonds. The molecule has 4 heteroatoms. The van der Waals surface area contributed by atoms with Gasteiger partial charge in [-0.1, -0.05) is 32.1 Å². The Bertz CT molecular complexity index is 204. The van der Waals surface area contributed by atoms with Gasteiger partial charge >= 0.3 is 0 Å². The molecule has 0 aromatic heterocycles. The molecule has 1 aliphatic rings. The van der Waals surface area contributed by atoms with Crippen molar-refractivity contribution in [1.29, 1.82) is 0 Å². The lowest BCUT2D eigenvalue weighted by Crippen LogP contribution is -2.33. The van der Waals surface area contributed by atoms with Crippen LogP contribution < -0.4 is 5.73 Å². The molecule has 1 rings (SSSR count). The maximum atomic E-state index is 12.0. The summed E-state index contributed by atoms with van der Waals surface area (Å²) < 4.78 is 0. The first-order valence-electron chi connectivity index (χ1n) is 7.32. The molecule has 108 valence electrons. The van der Waals surface area contributed by atoms with E-state index in [1.165, 1.54) is 38.5 Å². The first-order valence-corrected chi connectivity index (χ1v) is 7.32. The number of nitrogens with two attached hydrogens (primary N) is 1. The van der Waals surface area contributed by atoms with E-state index < -0.39 is 0 Å². The van der Waals surface area contributed by atoms with E-state index in [1.54, 1.807) is 0 Å². The zero-order valence-corrected chi connectivity index (χ0v) is 12.3. The van der Waals surface area contributed by atoms with E-state index in [4.69, 9.17) is 5.73 Å². The number of nitrogens with zero attached hydrogens (tertiary/aromatic N) is 1. The maximum absolute atomic E-state index is 12.0. The third kappa shape index (κ3) is 7.93. The lowest BCUT2D eigenvalue weighted by Gasteiger charge is -2.24. The molecule has 18 heavy (non-hydrogen) atoms. The summed E-state index contributed by atoms with van der Waals surface area (Å²) in [6.07, 6.45) is 11.5. The Morgan fingerprint density at radius 3 is 2.06 bits per heavy atom. The van der Waals surface area contributed by atoms with Gasteiger partial charge in [0.2, 0.25) is 5.91 Å². The minimum atomic E-state index is 0. The minimum absolute atomic E-state index is 0. The number of carbonyl (C=O) groups excluding carboxylic acids is 1. The molecule has 0 unspecified atom stereocenters. The Kier molecular flexibility index (Phi) is 11.6. The molecule has 3 nitrogen and oxygen atoms in total. The van der Waals surface area contributed by atoms with Crippen LogP contribution in [0.5, 0.6) is 0 Å². The van der Waals surface area contributed by atoms with Crippen molar-refractivity contribution in [2.24, 2.45) is 5.73 Å². The highest BCUT2D eigenvalue weighted by molar-refractivity contribution is 5.85. The van der Waals surface area contributed by atoms with Gasteiger partial charge in [-0.05, 0) is 32.2 Å². The standard InChI is InChI=1S/C14H28N2O.ClH/c15-11-7-3-2-6-10-14(17)16-12-8-4-1-5-9-13-16;/h1-13,15H2;1H. The van der Waals surface area contributed by atoms with Crippen LogP contribution >= 0.6 is 12.4 Å². The highest BCUT2D eigenvalue weighted by Gasteiger charge is 2.13. The number of likely N-dealkylation sites (tertiary alicyclic amines) is 1. The van der Waals surface area contributed by atoms with E-state index in [9.17, 15) is 4.79 Å². The van der Waals surface area contributed by atoms with E-state index in [-0.39, 0.29) is 12.4 Å². The Morgan fingerprint density at radius 2 is 1.44 bits per heavy atom. The molecule has 0 bridgehead atoms. The Labute approximate surface area is 118 Å². The second kappa shape index (κ2) is 11.8. The molecule has 0 aromatic carbocycles. The van der Waals surface area contributed by atoms with Crippen molar-refractivity contribution in [3.63, 3.8) is 0 Å². The average molecular weight is 277 g/mol. The maximum Gasteiger partial charge on any atom is 0.222 e. The van der Waals surface area contributed by atoms with E-state index in [1.807, 2.05) is 0 Å². The molecule has 0 aromatic rings. The number of hydrogen-bond acceptors (Lipinski definition) is 2. The summed E-state index contributed by atoms with van der Waals surface area (Å²) in [4.78, 5) is 14.1. The number of unbranched alkanes of at least 4 members (excludes halogenated alkanes) is 3. The number of halogens is 1. The summed E-state index contributed by atoms with van der Waals surface area (Å²) >= 11 is 0. The normalized spacial score (nSPS) is 16.6. The van der Waals surface area contributed by atoms with Gasteiger partial charge in [-0.3, -0.25) is 4.79 Å². The van der Waals surface area contributed by atoms with Crippen LogP contribution in [0.2, 0.25) is 0 Å². The molecule has 1 fully saturated rings. The molecule has 0 saturated carbocycles. The first-order chi connectivity index (χ1) is 8.34. The van der Waals surface area contributed by atoms with Crippen LogP contribution in [0.25, 0.3) is 0 Å². The van der Waals surface area contributed by atoms with Gasteiger partial charge < -0.3 is 10.6 Å². The van der Waals surface area contributed by atoms with Gasteiger partial charge in [0, 0.05) is 19.5 Å². The third-order valence-electron chi connectivity index (χ3n) is 3.55. The largest absolute Gasteiger partial charge is 0.343 e. The summed E-state index contributed by atoms with van der Waals surface area (Å²) in [6.45, 7) is 2.75. The van der Waals surface area contributed by atoms with Crippen molar-refractivity contribution in [3.05, 3.63) is 0 Å². The minimum Gasteiger partial charge on any atom is -0.343 e. The van der Waals surface area contributed by atoms with E-state index >= 15 is 0 Å². The van der Waals surface area contributed by atoms with Crippen molar-refractivity contribution >= 4 is 18.3 Å². The van der Waals surface area contributed by atoms with Gasteiger partial charge in [0.1, 0.15) is 0 Å². The van der Waals surface area contributed by atoms with Gasteiger partial charge in [-0.25, -0.2) is 0 Å². The van der Waals surface area contributed by atoms with E-state index in [0.717, 1.165) is 45.3 Å². The van der Waals surface area contributed by atoms with Crippen LogP contribution in [0.15, 0.2) is 0 Å². The number of amides is 1. The molecular weight excluding hydrogens is 248 g/mol. The van der Waals surface area contributed by atoms with E-state index in [0.29, 0.717) is 5.91 Å². The Hall–Kier alpha value is -0.280. The summed E-state index contributed by atoms with van der Waals surface area (Å²) in [5.74, 6) is 0.375. The quantitative estimate of drug-likeness (QED) is 0.758. The smallest absolute Gasteiger partial charge is 0.222 e. The molecule has 2 N–H and O–H groups in total. The van der Waals surface area contributed by atoms with Crippen molar-refractivity contribution in [3.8, 4) is 0 Å². The predicted molar refractivity (Wildman–Crippen MR) is 79.1 cm³/mol. The fourth-order valence-corrected chi connectivity index (χ4v) is 2.43. The highest BCUT2D eigenvalue weighted by atomic mass is 35.5. The van der Waals surface area contributed by atoms with Gasteiger partial charge in [0.25, 0.3) is 0 Å². The molecule has 0 radical (unpaired) electrons. The SMILES string of the molecule is Cl.NCCCCCCC(=O)N1CCCCCCC1. The first kappa shape index (κ1) is 17.7. The molecule has 0 aliphatic carbocycles. The van der Waals surface area contributed by atoms with Gasteiger partial charge in [-0.2, -0.15) is 0 Å². The van der Waals surface area contributed by atoms with Crippen LogP contribution in [0.4, 0.5) is 0 Å². The third-order valence-corrected chi connectivity index (χ3v) is 3.55. The van der Waals surface area contributed by atoms with Crippen LogP contribution in [0.1, 0.15) is 64.2 Å². The molecule has 1 saturated heterocycles. The number of hydrogen-bond donors (Lipinski definition) is 1. The topological polar surface area (TPSA) is 46.3 Å². The lowest BCUT2D eigenvalue weighted by atomic mass is 10.1. The summed E-state index contributed by atoms with van der Waals surface area (Å²) in [6, 6.07) is 0. The summed E-state index contributed by atoms with van der Waals surface area (Å²) in [7, 11) is 0. The zero-order chi connectivity index (χ0) is 12.3.